The first-order valence-electron chi connectivity index (χ1n) is 8.59. The molecule has 0 aromatic heterocycles. The van der Waals surface area contributed by atoms with Gasteiger partial charge in [-0.05, 0) is 18.9 Å². The van der Waals surface area contributed by atoms with E-state index < -0.39 is 29.5 Å². The standard InChI is InChI=1S/C20H21NO4/c1-3-7-15-20-11-10-14(25-20)16(19(23)24)17(20)18(22)21(15)12(2)13-8-5-4-6-9-13/h3-6,8-12,14-17H,1,7H2,2H3,(H,23,24)/t12-,14-,15+,16-,17+,20-/m1/s1. The normalized spacial score (nSPS) is 36.5. The van der Waals surface area contributed by atoms with Crippen LogP contribution in [0.4, 0.5) is 0 Å². The van der Waals surface area contributed by atoms with Crippen molar-refractivity contribution in [2.45, 2.75) is 37.1 Å². The quantitative estimate of drug-likeness (QED) is 0.837. The zero-order valence-electron chi connectivity index (χ0n) is 14.0. The van der Waals surface area contributed by atoms with Crippen LogP contribution < -0.4 is 0 Å². The summed E-state index contributed by atoms with van der Waals surface area (Å²) in [6.45, 7) is 5.81. The van der Waals surface area contributed by atoms with E-state index in [1.54, 1.807) is 12.2 Å². The lowest BCUT2D eigenvalue weighted by Crippen LogP contribution is -2.45. The maximum Gasteiger partial charge on any atom is 0.310 e. The number of aliphatic carboxylic acids is 1. The Kier molecular flexibility index (Phi) is 3.58. The van der Waals surface area contributed by atoms with Gasteiger partial charge in [0.2, 0.25) is 5.91 Å². The van der Waals surface area contributed by atoms with Gasteiger partial charge in [0.05, 0.1) is 24.1 Å². The highest BCUT2D eigenvalue weighted by Crippen LogP contribution is 2.57. The van der Waals surface area contributed by atoms with Crippen molar-refractivity contribution in [3.8, 4) is 0 Å². The highest BCUT2D eigenvalue weighted by molar-refractivity contribution is 5.91. The van der Waals surface area contributed by atoms with Gasteiger partial charge in [-0.25, -0.2) is 0 Å². The van der Waals surface area contributed by atoms with Crippen molar-refractivity contribution in [1.29, 1.82) is 0 Å². The van der Waals surface area contributed by atoms with Crippen LogP contribution in [0.5, 0.6) is 0 Å². The van der Waals surface area contributed by atoms with E-state index in [9.17, 15) is 14.7 Å². The van der Waals surface area contributed by atoms with Crippen LogP contribution in [-0.4, -0.2) is 39.6 Å². The summed E-state index contributed by atoms with van der Waals surface area (Å²) in [4.78, 5) is 26.9. The summed E-state index contributed by atoms with van der Waals surface area (Å²) in [5.74, 6) is -2.60. The molecule has 3 aliphatic heterocycles. The van der Waals surface area contributed by atoms with Gasteiger partial charge in [-0.3, -0.25) is 9.59 Å². The lowest BCUT2D eigenvalue weighted by Gasteiger charge is -2.36. The van der Waals surface area contributed by atoms with E-state index in [4.69, 9.17) is 4.74 Å². The molecule has 0 radical (unpaired) electrons. The molecule has 0 unspecified atom stereocenters. The first kappa shape index (κ1) is 16.1. The third kappa shape index (κ3) is 2.05. The number of carboxylic acid groups (broad SMARTS) is 1. The van der Waals surface area contributed by atoms with Crippen LogP contribution in [0.2, 0.25) is 0 Å². The fourth-order valence-corrected chi connectivity index (χ4v) is 4.77. The smallest absolute Gasteiger partial charge is 0.310 e. The molecule has 2 saturated heterocycles. The number of nitrogens with zero attached hydrogens (tertiary/aromatic N) is 1. The first-order valence-corrected chi connectivity index (χ1v) is 8.59. The van der Waals surface area contributed by atoms with E-state index in [1.807, 2.05) is 48.2 Å². The maximum absolute atomic E-state index is 13.3. The fourth-order valence-electron chi connectivity index (χ4n) is 4.77. The average molecular weight is 339 g/mol. The SMILES string of the molecule is C=CC[C@@H]1N([C@H](C)c2ccccc2)C(=O)[C@@H]2[C@H](C(=O)O)[C@H]3C=C[C@]21O3. The van der Waals surface area contributed by atoms with Gasteiger partial charge in [0.1, 0.15) is 11.5 Å². The van der Waals surface area contributed by atoms with Crippen molar-refractivity contribution >= 4 is 11.9 Å². The highest BCUT2D eigenvalue weighted by Gasteiger charge is 2.71. The second-order valence-corrected chi connectivity index (χ2v) is 7.01. The van der Waals surface area contributed by atoms with Gasteiger partial charge in [0.25, 0.3) is 0 Å². The Bertz CT molecular complexity index is 758. The summed E-state index contributed by atoms with van der Waals surface area (Å²) < 4.78 is 6.11. The molecule has 5 nitrogen and oxygen atoms in total. The lowest BCUT2D eigenvalue weighted by atomic mass is 9.74. The molecule has 5 heteroatoms. The Balaban J connectivity index is 1.78. The van der Waals surface area contributed by atoms with Crippen molar-refractivity contribution in [3.05, 3.63) is 60.7 Å². The molecule has 1 aromatic carbocycles. The van der Waals surface area contributed by atoms with Crippen LogP contribution in [0.1, 0.15) is 24.9 Å². The minimum absolute atomic E-state index is 0.137. The van der Waals surface area contributed by atoms with Gasteiger partial charge in [-0.1, -0.05) is 48.6 Å². The third-order valence-corrected chi connectivity index (χ3v) is 5.84. The second kappa shape index (κ2) is 5.56. The number of ether oxygens (including phenoxy) is 1. The first-order chi connectivity index (χ1) is 12.0. The molecule has 3 aliphatic rings. The number of likely N-dealkylation sites (tertiary alicyclic amines) is 1. The largest absolute Gasteiger partial charge is 0.481 e. The second-order valence-electron chi connectivity index (χ2n) is 7.01. The Hall–Kier alpha value is -2.40. The van der Waals surface area contributed by atoms with Crippen molar-refractivity contribution in [1.82, 2.24) is 4.90 Å². The van der Waals surface area contributed by atoms with Gasteiger partial charge in [0, 0.05) is 0 Å². The number of carbonyl (C=O) groups excluding carboxylic acids is 1. The fraction of sp³-hybridized carbons (Fsp3) is 0.400. The predicted octanol–water partition coefficient (Wildman–Crippen LogP) is 2.56. The molecule has 1 aromatic rings. The van der Waals surface area contributed by atoms with Gasteiger partial charge >= 0.3 is 5.97 Å². The molecule has 25 heavy (non-hydrogen) atoms. The molecule has 130 valence electrons. The Morgan fingerprint density at radius 3 is 2.80 bits per heavy atom. The number of hydrogen-bond acceptors (Lipinski definition) is 3. The summed E-state index contributed by atoms with van der Waals surface area (Å²) in [7, 11) is 0. The molecule has 2 bridgehead atoms. The number of carboxylic acids is 1. The van der Waals surface area contributed by atoms with Crippen molar-refractivity contribution in [2.75, 3.05) is 0 Å². The van der Waals surface area contributed by atoms with Crippen molar-refractivity contribution in [2.24, 2.45) is 11.8 Å². The molecule has 3 heterocycles. The van der Waals surface area contributed by atoms with E-state index >= 15 is 0 Å². The zero-order valence-corrected chi connectivity index (χ0v) is 14.0. The lowest BCUT2D eigenvalue weighted by molar-refractivity contribution is -0.149. The van der Waals surface area contributed by atoms with Gasteiger partial charge in [-0.15, -0.1) is 6.58 Å². The Morgan fingerprint density at radius 1 is 1.44 bits per heavy atom. The zero-order chi connectivity index (χ0) is 17.8. The number of rotatable bonds is 5. The van der Waals surface area contributed by atoms with E-state index in [1.165, 1.54) is 0 Å². The molecular formula is C20H21NO4. The number of amides is 1. The monoisotopic (exact) mass is 339 g/mol. The van der Waals surface area contributed by atoms with Crippen molar-refractivity contribution in [3.63, 3.8) is 0 Å². The van der Waals surface area contributed by atoms with Gasteiger partial charge < -0.3 is 14.7 Å². The predicted molar refractivity (Wildman–Crippen MR) is 91.7 cm³/mol. The molecule has 4 rings (SSSR count). The molecule has 1 spiro atoms. The Labute approximate surface area is 146 Å². The van der Waals surface area contributed by atoms with Gasteiger partial charge in [0.15, 0.2) is 0 Å². The molecule has 1 amide bonds. The molecule has 1 N–H and O–H groups in total. The highest BCUT2D eigenvalue weighted by atomic mass is 16.5. The third-order valence-electron chi connectivity index (χ3n) is 5.84. The van der Waals surface area contributed by atoms with Crippen LogP contribution in [-0.2, 0) is 14.3 Å². The summed E-state index contributed by atoms with van der Waals surface area (Å²) in [5, 5.41) is 9.65. The summed E-state index contributed by atoms with van der Waals surface area (Å²) >= 11 is 0. The summed E-state index contributed by atoms with van der Waals surface area (Å²) in [5.41, 5.74) is 0.161. The van der Waals surface area contributed by atoms with E-state index in [-0.39, 0.29) is 18.0 Å². The van der Waals surface area contributed by atoms with Crippen LogP contribution in [0.15, 0.2) is 55.1 Å². The summed E-state index contributed by atoms with van der Waals surface area (Å²) in [6, 6.07) is 9.37. The van der Waals surface area contributed by atoms with Crippen molar-refractivity contribution < 1.29 is 19.4 Å². The maximum atomic E-state index is 13.3. The number of hydrogen-bond donors (Lipinski definition) is 1. The van der Waals surface area contributed by atoms with E-state index in [0.29, 0.717) is 6.42 Å². The number of carbonyl (C=O) groups is 2. The van der Waals surface area contributed by atoms with Crippen LogP contribution in [0, 0.1) is 11.8 Å². The molecule has 0 aliphatic carbocycles. The topological polar surface area (TPSA) is 66.8 Å². The Morgan fingerprint density at radius 2 is 2.16 bits per heavy atom. The number of fused-ring (bicyclic) bond motifs is 1. The summed E-state index contributed by atoms with van der Waals surface area (Å²) in [6.07, 6.45) is 5.52. The molecule has 6 atom stereocenters. The minimum Gasteiger partial charge on any atom is -0.481 e. The van der Waals surface area contributed by atoms with Gasteiger partial charge in [-0.2, -0.15) is 0 Å². The van der Waals surface area contributed by atoms with Crippen LogP contribution in [0.25, 0.3) is 0 Å². The van der Waals surface area contributed by atoms with Crippen LogP contribution in [0.3, 0.4) is 0 Å². The van der Waals surface area contributed by atoms with E-state index in [2.05, 4.69) is 6.58 Å². The molecular weight excluding hydrogens is 318 g/mol. The molecule has 2 fully saturated rings. The van der Waals surface area contributed by atoms with Crippen LogP contribution >= 0.6 is 0 Å². The average Bonchev–Trinajstić information content (AvgIpc) is 3.24. The molecule has 0 saturated carbocycles. The minimum atomic E-state index is -0.971. The van der Waals surface area contributed by atoms with E-state index in [0.717, 1.165) is 5.56 Å². The number of benzene rings is 1.